The van der Waals surface area contributed by atoms with E-state index >= 15 is 0 Å². The summed E-state index contributed by atoms with van der Waals surface area (Å²) in [5.74, 6) is -0.697. The first kappa shape index (κ1) is 20.4. The SMILES string of the molecule is Cc1sc(NC(=O)CNC(=O)c2ccccc2)nc1-c1ccc(OC(F)F)cc1. The Morgan fingerprint density at radius 2 is 1.79 bits per heavy atom. The minimum absolute atomic E-state index is 0.0549. The molecule has 150 valence electrons. The van der Waals surface area contributed by atoms with Crippen LogP contribution in [0.5, 0.6) is 5.75 Å². The van der Waals surface area contributed by atoms with Crippen molar-refractivity contribution in [3.8, 4) is 17.0 Å². The molecule has 0 radical (unpaired) electrons. The van der Waals surface area contributed by atoms with Crippen LogP contribution in [-0.2, 0) is 4.79 Å². The van der Waals surface area contributed by atoms with Gasteiger partial charge in [-0.3, -0.25) is 9.59 Å². The number of carbonyl (C=O) groups excluding carboxylic acids is 2. The number of aromatic nitrogens is 1. The predicted molar refractivity (Wildman–Crippen MR) is 106 cm³/mol. The van der Waals surface area contributed by atoms with Gasteiger partial charge in [0.25, 0.3) is 5.91 Å². The first-order valence-corrected chi connectivity index (χ1v) is 9.40. The molecule has 6 nitrogen and oxygen atoms in total. The number of amides is 2. The van der Waals surface area contributed by atoms with E-state index in [1.807, 2.05) is 6.92 Å². The van der Waals surface area contributed by atoms with Gasteiger partial charge in [0.1, 0.15) is 5.75 Å². The van der Waals surface area contributed by atoms with Crippen LogP contribution < -0.4 is 15.4 Å². The van der Waals surface area contributed by atoms with Crippen LogP contribution in [0.2, 0.25) is 0 Å². The molecule has 0 spiro atoms. The van der Waals surface area contributed by atoms with Crippen molar-refractivity contribution >= 4 is 28.3 Å². The fraction of sp³-hybridized carbons (Fsp3) is 0.150. The third-order valence-electron chi connectivity index (χ3n) is 3.84. The van der Waals surface area contributed by atoms with E-state index in [2.05, 4.69) is 20.4 Å². The number of alkyl halides is 2. The zero-order valence-electron chi connectivity index (χ0n) is 15.3. The van der Waals surface area contributed by atoms with Crippen LogP contribution in [0, 0.1) is 6.92 Å². The smallest absolute Gasteiger partial charge is 0.387 e. The maximum atomic E-state index is 12.2. The van der Waals surface area contributed by atoms with Gasteiger partial charge < -0.3 is 15.4 Å². The summed E-state index contributed by atoms with van der Waals surface area (Å²) in [6, 6.07) is 14.7. The molecule has 2 N–H and O–H groups in total. The molecule has 9 heteroatoms. The summed E-state index contributed by atoms with van der Waals surface area (Å²) < 4.78 is 28.8. The van der Waals surface area contributed by atoms with E-state index in [9.17, 15) is 18.4 Å². The third-order valence-corrected chi connectivity index (χ3v) is 4.73. The monoisotopic (exact) mass is 417 g/mol. The topological polar surface area (TPSA) is 80.3 Å². The Balaban J connectivity index is 1.59. The second-order valence-electron chi connectivity index (χ2n) is 5.92. The van der Waals surface area contributed by atoms with Crippen molar-refractivity contribution in [2.75, 3.05) is 11.9 Å². The number of aryl methyl sites for hydroxylation is 1. The van der Waals surface area contributed by atoms with E-state index in [1.54, 1.807) is 42.5 Å². The van der Waals surface area contributed by atoms with Crippen molar-refractivity contribution in [1.82, 2.24) is 10.3 Å². The zero-order chi connectivity index (χ0) is 20.8. The zero-order valence-corrected chi connectivity index (χ0v) is 16.1. The molecule has 0 bridgehead atoms. The summed E-state index contributed by atoms with van der Waals surface area (Å²) in [7, 11) is 0. The van der Waals surface area contributed by atoms with Crippen LogP contribution in [0.4, 0.5) is 13.9 Å². The maximum absolute atomic E-state index is 12.2. The van der Waals surface area contributed by atoms with Crippen LogP contribution >= 0.6 is 11.3 Å². The maximum Gasteiger partial charge on any atom is 0.387 e. The van der Waals surface area contributed by atoms with Crippen molar-refractivity contribution in [3.63, 3.8) is 0 Å². The van der Waals surface area contributed by atoms with Gasteiger partial charge in [0.2, 0.25) is 5.91 Å². The third kappa shape index (κ3) is 5.58. The summed E-state index contributed by atoms with van der Waals surface area (Å²) in [4.78, 5) is 29.3. The Hall–Kier alpha value is -3.33. The molecule has 3 aromatic rings. The minimum atomic E-state index is -2.88. The normalized spacial score (nSPS) is 10.6. The van der Waals surface area contributed by atoms with Crippen molar-refractivity contribution in [3.05, 3.63) is 65.0 Å². The summed E-state index contributed by atoms with van der Waals surface area (Å²) >= 11 is 1.28. The van der Waals surface area contributed by atoms with Crippen LogP contribution in [-0.4, -0.2) is 30.0 Å². The van der Waals surface area contributed by atoms with Crippen molar-refractivity contribution in [2.24, 2.45) is 0 Å². The van der Waals surface area contributed by atoms with E-state index in [4.69, 9.17) is 0 Å². The number of carbonyl (C=O) groups is 2. The van der Waals surface area contributed by atoms with Gasteiger partial charge in [-0.25, -0.2) is 4.98 Å². The van der Waals surface area contributed by atoms with Gasteiger partial charge in [0.15, 0.2) is 5.13 Å². The lowest BCUT2D eigenvalue weighted by molar-refractivity contribution is -0.115. The molecule has 0 aliphatic rings. The number of hydrogen-bond donors (Lipinski definition) is 2. The molecule has 3 rings (SSSR count). The van der Waals surface area contributed by atoms with Gasteiger partial charge >= 0.3 is 6.61 Å². The summed E-state index contributed by atoms with van der Waals surface area (Å²) in [5.41, 5.74) is 1.80. The van der Waals surface area contributed by atoms with E-state index in [0.29, 0.717) is 22.0 Å². The lowest BCUT2D eigenvalue weighted by atomic mass is 10.1. The molecular weight excluding hydrogens is 400 g/mol. The Bertz CT molecular complexity index is 992. The lowest BCUT2D eigenvalue weighted by Gasteiger charge is -2.05. The van der Waals surface area contributed by atoms with Crippen molar-refractivity contribution < 1.29 is 23.1 Å². The molecule has 0 atom stereocenters. The first-order valence-electron chi connectivity index (χ1n) is 8.58. The number of rotatable bonds is 7. The van der Waals surface area contributed by atoms with Gasteiger partial charge in [-0.2, -0.15) is 8.78 Å². The van der Waals surface area contributed by atoms with Gasteiger partial charge in [0, 0.05) is 16.0 Å². The van der Waals surface area contributed by atoms with E-state index in [1.165, 1.54) is 23.5 Å². The highest BCUT2D eigenvalue weighted by Crippen LogP contribution is 2.31. The van der Waals surface area contributed by atoms with Gasteiger partial charge in [0.05, 0.1) is 12.2 Å². The lowest BCUT2D eigenvalue weighted by Crippen LogP contribution is -2.32. The average Bonchev–Trinajstić information content (AvgIpc) is 3.07. The molecule has 2 aromatic carbocycles. The summed E-state index contributed by atoms with van der Waals surface area (Å²) in [5, 5.41) is 5.57. The number of thiazole rings is 1. The van der Waals surface area contributed by atoms with Crippen LogP contribution in [0.1, 0.15) is 15.2 Å². The second-order valence-corrected chi connectivity index (χ2v) is 7.13. The number of nitrogens with zero attached hydrogens (tertiary/aromatic N) is 1. The molecule has 0 aliphatic carbocycles. The second kappa shape index (κ2) is 9.24. The number of hydrogen-bond acceptors (Lipinski definition) is 5. The summed E-state index contributed by atoms with van der Waals surface area (Å²) in [6.07, 6.45) is 0. The molecular formula is C20H17F2N3O3S. The van der Waals surface area contributed by atoms with E-state index < -0.39 is 12.5 Å². The Morgan fingerprint density at radius 3 is 2.45 bits per heavy atom. The highest BCUT2D eigenvalue weighted by molar-refractivity contribution is 7.16. The quantitative estimate of drug-likeness (QED) is 0.607. The highest BCUT2D eigenvalue weighted by Gasteiger charge is 2.14. The largest absolute Gasteiger partial charge is 0.435 e. The van der Waals surface area contributed by atoms with Gasteiger partial charge in [-0.1, -0.05) is 18.2 Å². The minimum Gasteiger partial charge on any atom is -0.435 e. The number of anilines is 1. The number of benzene rings is 2. The van der Waals surface area contributed by atoms with Crippen molar-refractivity contribution in [1.29, 1.82) is 0 Å². The van der Waals surface area contributed by atoms with E-state index in [-0.39, 0.29) is 18.2 Å². The molecule has 0 aliphatic heterocycles. The highest BCUT2D eigenvalue weighted by atomic mass is 32.1. The molecule has 0 saturated heterocycles. The number of ether oxygens (including phenoxy) is 1. The van der Waals surface area contributed by atoms with Gasteiger partial charge in [-0.05, 0) is 43.3 Å². The molecule has 0 saturated carbocycles. The fourth-order valence-electron chi connectivity index (χ4n) is 2.53. The van der Waals surface area contributed by atoms with E-state index in [0.717, 1.165) is 4.88 Å². The first-order chi connectivity index (χ1) is 13.9. The Morgan fingerprint density at radius 1 is 1.10 bits per heavy atom. The van der Waals surface area contributed by atoms with Crippen molar-refractivity contribution in [2.45, 2.75) is 13.5 Å². The Labute approximate surface area is 169 Å². The molecule has 0 fully saturated rings. The molecule has 0 unspecified atom stereocenters. The predicted octanol–water partition coefficient (Wildman–Crippen LogP) is 4.09. The van der Waals surface area contributed by atoms with Gasteiger partial charge in [-0.15, -0.1) is 11.3 Å². The molecule has 1 heterocycles. The number of nitrogens with one attached hydrogen (secondary N) is 2. The Kier molecular flexibility index (Phi) is 6.50. The molecule has 1 aromatic heterocycles. The molecule has 2 amide bonds. The van der Waals surface area contributed by atoms with Crippen LogP contribution in [0.15, 0.2) is 54.6 Å². The standard InChI is InChI=1S/C20H17F2N3O3S/c1-12-17(13-7-9-15(10-8-13)28-19(21)22)25-20(29-12)24-16(26)11-23-18(27)14-5-3-2-4-6-14/h2-10,19H,11H2,1H3,(H,23,27)(H,24,25,26). The number of halogens is 2. The summed E-state index contributed by atoms with van der Waals surface area (Å²) in [6.45, 7) is -1.24. The van der Waals surface area contributed by atoms with Crippen LogP contribution in [0.25, 0.3) is 11.3 Å². The molecule has 29 heavy (non-hydrogen) atoms. The van der Waals surface area contributed by atoms with Crippen LogP contribution in [0.3, 0.4) is 0 Å². The fourth-order valence-corrected chi connectivity index (χ4v) is 3.38. The average molecular weight is 417 g/mol.